The Bertz CT molecular complexity index is 2270. The van der Waals surface area contributed by atoms with Crippen LogP contribution in [0.1, 0.15) is 67.9 Å². The molecular formula is C47H56O24. The first-order valence-corrected chi connectivity index (χ1v) is 22.1. The molecule has 24 heteroatoms. The molecule has 4 aliphatic rings. The van der Waals surface area contributed by atoms with Gasteiger partial charge in [0.15, 0.2) is 54.4 Å². The second kappa shape index (κ2) is 24.8. The van der Waals surface area contributed by atoms with E-state index in [1.165, 1.54) is 58.4 Å². The normalized spacial score (nSPS) is 29.7. The number of benzene rings is 1. The molecule has 0 radical (unpaired) electrons. The number of carbonyl (C=O) groups is 9. The average Bonchev–Trinajstić information content (AvgIpc) is 3.63. The van der Waals surface area contributed by atoms with Gasteiger partial charge in [-0.25, -0.2) is 4.79 Å². The molecule has 2 saturated heterocycles. The van der Waals surface area contributed by atoms with Gasteiger partial charge >= 0.3 is 53.7 Å². The summed E-state index contributed by atoms with van der Waals surface area (Å²) in [6.07, 6.45) is -10.5. The molecule has 1 unspecified atom stereocenters. The molecule has 5 rings (SSSR count). The number of esters is 9. The average molecular weight is 1000 g/mol. The Kier molecular flexibility index (Phi) is 19.2. The quantitative estimate of drug-likeness (QED) is 0.0670. The summed E-state index contributed by atoms with van der Waals surface area (Å²) in [6.45, 7) is 9.53. The van der Waals surface area contributed by atoms with Crippen LogP contribution < -0.4 is 9.47 Å². The first-order valence-electron chi connectivity index (χ1n) is 22.1. The van der Waals surface area contributed by atoms with E-state index in [1.807, 2.05) is 0 Å². The summed E-state index contributed by atoms with van der Waals surface area (Å²) in [6, 6.07) is 4.47. The molecule has 71 heavy (non-hydrogen) atoms. The van der Waals surface area contributed by atoms with E-state index in [0.717, 1.165) is 47.6 Å². The summed E-state index contributed by atoms with van der Waals surface area (Å²) in [5.41, 5.74) is 0.764. The standard InChI is InChI=1S/C47H56O24/c1-21-39(63-25(5)51)41(65-27(7)53)44(70-37(56)14-12-30-11-13-33(62-24(4)50)35(17-30)57-10)46(61-21)68-34-18-31(19-59-22(2)48)38-32(34)15-16-58-45(38)71-47-43(67-29(9)55)42(66-28(8)54)40(64-26(6)52)36(69-47)20-60-23(3)49/h11-18,21,32,34,36,38-47H,19-20H2,1-10H3/b14-12+/t21-,32-,34+,36+,38+,39-,40+,41+,42-,43+,44+,45?,46-,47-/m0/s1. The lowest BCUT2D eigenvalue weighted by Gasteiger charge is -2.46. The van der Waals surface area contributed by atoms with Gasteiger partial charge in [0.2, 0.25) is 12.6 Å². The first-order chi connectivity index (χ1) is 33.5. The molecule has 388 valence electrons. The van der Waals surface area contributed by atoms with Crippen molar-refractivity contribution in [3.8, 4) is 11.5 Å². The second-order valence-electron chi connectivity index (χ2n) is 16.4. The van der Waals surface area contributed by atoms with Crippen LogP contribution in [0.5, 0.6) is 11.5 Å². The Morgan fingerprint density at radius 3 is 1.75 bits per heavy atom. The van der Waals surface area contributed by atoms with Crippen LogP contribution in [0.2, 0.25) is 0 Å². The number of fused-ring (bicyclic) bond motifs is 1. The van der Waals surface area contributed by atoms with E-state index in [2.05, 4.69) is 0 Å². The van der Waals surface area contributed by atoms with Crippen molar-refractivity contribution in [2.75, 3.05) is 20.3 Å². The maximum atomic E-state index is 13.7. The van der Waals surface area contributed by atoms with Gasteiger partial charge in [0, 0.05) is 67.4 Å². The summed E-state index contributed by atoms with van der Waals surface area (Å²) in [5, 5.41) is 0. The second-order valence-corrected chi connectivity index (χ2v) is 16.4. The molecule has 0 bridgehead atoms. The van der Waals surface area contributed by atoms with Gasteiger partial charge in [-0.3, -0.25) is 38.4 Å². The number of methoxy groups -OCH3 is 1. The monoisotopic (exact) mass is 1000 g/mol. The fourth-order valence-corrected chi connectivity index (χ4v) is 8.18. The molecule has 24 nitrogen and oxygen atoms in total. The smallest absolute Gasteiger partial charge is 0.331 e. The lowest BCUT2D eigenvalue weighted by atomic mass is 9.88. The summed E-state index contributed by atoms with van der Waals surface area (Å²) in [4.78, 5) is 112. The van der Waals surface area contributed by atoms with Crippen molar-refractivity contribution in [3.05, 3.63) is 53.8 Å². The first kappa shape index (κ1) is 55.0. The predicted octanol–water partition coefficient (Wildman–Crippen LogP) is 2.24. The molecule has 3 heterocycles. The lowest BCUT2D eigenvalue weighted by molar-refractivity contribution is -0.343. The van der Waals surface area contributed by atoms with Crippen molar-refractivity contribution < 1.29 is 114 Å². The van der Waals surface area contributed by atoms with E-state index in [0.29, 0.717) is 11.1 Å². The maximum Gasteiger partial charge on any atom is 0.331 e. The highest BCUT2D eigenvalue weighted by Gasteiger charge is 2.57. The van der Waals surface area contributed by atoms with Crippen LogP contribution in [-0.2, 0) is 105 Å². The number of carbonyl (C=O) groups excluding carboxylic acids is 9. The van der Waals surface area contributed by atoms with Gasteiger partial charge in [0.1, 0.15) is 19.3 Å². The van der Waals surface area contributed by atoms with Gasteiger partial charge < -0.3 is 71.1 Å². The largest absolute Gasteiger partial charge is 0.493 e. The van der Waals surface area contributed by atoms with Gasteiger partial charge in [-0.05, 0) is 42.3 Å². The third-order valence-corrected chi connectivity index (χ3v) is 10.8. The fourth-order valence-electron chi connectivity index (χ4n) is 8.18. The van der Waals surface area contributed by atoms with Crippen LogP contribution in [0.3, 0.4) is 0 Å². The van der Waals surface area contributed by atoms with E-state index in [4.69, 9.17) is 71.1 Å². The molecule has 1 aliphatic carbocycles. The van der Waals surface area contributed by atoms with E-state index in [-0.39, 0.29) is 18.1 Å². The minimum absolute atomic E-state index is 0.131. The number of ether oxygens (including phenoxy) is 15. The van der Waals surface area contributed by atoms with Crippen LogP contribution in [0, 0.1) is 11.8 Å². The molecule has 0 aromatic heterocycles. The Balaban J connectivity index is 1.50. The highest BCUT2D eigenvalue weighted by Crippen LogP contribution is 2.44. The third kappa shape index (κ3) is 15.1. The lowest BCUT2D eigenvalue weighted by Crippen LogP contribution is -2.63. The Morgan fingerprint density at radius 1 is 0.592 bits per heavy atom. The van der Waals surface area contributed by atoms with Gasteiger partial charge in [0.05, 0.1) is 31.5 Å². The van der Waals surface area contributed by atoms with E-state index >= 15 is 0 Å². The van der Waals surface area contributed by atoms with Gasteiger partial charge in [-0.2, -0.15) is 0 Å². The van der Waals surface area contributed by atoms with E-state index in [9.17, 15) is 43.2 Å². The maximum absolute atomic E-state index is 13.7. The molecule has 14 atom stereocenters. The van der Waals surface area contributed by atoms with Crippen molar-refractivity contribution in [2.24, 2.45) is 11.8 Å². The molecule has 1 aromatic rings. The Morgan fingerprint density at radius 2 is 1.15 bits per heavy atom. The zero-order valence-electron chi connectivity index (χ0n) is 40.4. The molecule has 1 aromatic carbocycles. The van der Waals surface area contributed by atoms with Crippen LogP contribution in [0.15, 0.2) is 48.3 Å². The zero-order valence-corrected chi connectivity index (χ0v) is 40.4. The van der Waals surface area contributed by atoms with E-state index < -0.39 is 146 Å². The predicted molar refractivity (Wildman–Crippen MR) is 232 cm³/mol. The SMILES string of the molecule is COc1cc(/C=C/C(=O)O[C@H]2[C@H](O[C@@H]3C=C(COC(C)=O)[C@H]4C(O[C@@H]5O[C@H](COC(C)=O)[C@@H](OC(C)=O)[C@H](OC(C)=O)[C@H]5OC(C)=O)OC=C[C@@H]34)O[C@@H](C)[C@H](OC(C)=O)[C@H]2OC(C)=O)ccc1OC(C)=O. The molecular weight excluding hydrogens is 948 g/mol. The van der Waals surface area contributed by atoms with E-state index in [1.54, 1.807) is 12.2 Å². The molecule has 2 fully saturated rings. The van der Waals surface area contributed by atoms with Gasteiger partial charge in [-0.1, -0.05) is 12.1 Å². The Labute approximate surface area is 406 Å². The highest BCUT2D eigenvalue weighted by molar-refractivity contribution is 5.87. The minimum Gasteiger partial charge on any atom is -0.493 e. The molecule has 3 aliphatic heterocycles. The highest BCUT2D eigenvalue weighted by atomic mass is 16.8. The van der Waals surface area contributed by atoms with Crippen molar-refractivity contribution in [3.63, 3.8) is 0 Å². The van der Waals surface area contributed by atoms with Crippen LogP contribution in [-0.4, -0.2) is 148 Å². The summed E-state index contributed by atoms with van der Waals surface area (Å²) < 4.78 is 86.1. The Hall–Kier alpha value is -6.89. The van der Waals surface area contributed by atoms with Crippen LogP contribution in [0.25, 0.3) is 6.08 Å². The van der Waals surface area contributed by atoms with Crippen molar-refractivity contribution in [2.45, 2.75) is 136 Å². The summed E-state index contributed by atoms with van der Waals surface area (Å²) in [5.74, 6) is -8.64. The molecule has 0 saturated carbocycles. The topological polar surface area (TPSA) is 292 Å². The molecule has 0 amide bonds. The van der Waals surface area contributed by atoms with Crippen molar-refractivity contribution >= 4 is 59.8 Å². The molecule has 0 N–H and O–H groups in total. The zero-order chi connectivity index (χ0) is 52.3. The summed E-state index contributed by atoms with van der Waals surface area (Å²) >= 11 is 0. The van der Waals surface area contributed by atoms with Crippen molar-refractivity contribution in [1.82, 2.24) is 0 Å². The summed E-state index contributed by atoms with van der Waals surface area (Å²) in [7, 11) is 1.36. The van der Waals surface area contributed by atoms with Crippen molar-refractivity contribution in [1.29, 1.82) is 0 Å². The molecule has 0 spiro atoms. The number of rotatable bonds is 18. The third-order valence-electron chi connectivity index (χ3n) is 10.8. The van der Waals surface area contributed by atoms with Gasteiger partial charge in [0.25, 0.3) is 0 Å². The van der Waals surface area contributed by atoms with Gasteiger partial charge in [-0.15, -0.1) is 0 Å². The number of hydrogen-bond donors (Lipinski definition) is 0. The number of hydrogen-bond acceptors (Lipinski definition) is 24. The van der Waals surface area contributed by atoms with Crippen LogP contribution in [0.4, 0.5) is 0 Å². The van der Waals surface area contributed by atoms with Crippen LogP contribution >= 0.6 is 0 Å². The minimum atomic E-state index is -1.70. The fraction of sp³-hybridized carbons (Fsp3) is 0.553.